The molecular formula is C11H15IN4. The summed E-state index contributed by atoms with van der Waals surface area (Å²) in [6, 6.07) is 0. The SMILES string of the molecule is CCCNCc1cnc2c(I)c(C)nn2c1. The van der Waals surface area contributed by atoms with Crippen molar-refractivity contribution in [1.29, 1.82) is 0 Å². The summed E-state index contributed by atoms with van der Waals surface area (Å²) in [4.78, 5) is 4.43. The van der Waals surface area contributed by atoms with Gasteiger partial charge in [0.15, 0.2) is 5.65 Å². The van der Waals surface area contributed by atoms with Crippen molar-refractivity contribution in [2.24, 2.45) is 0 Å². The zero-order valence-electron chi connectivity index (χ0n) is 9.50. The van der Waals surface area contributed by atoms with Crippen molar-refractivity contribution in [2.75, 3.05) is 6.54 Å². The first kappa shape index (κ1) is 11.8. The minimum Gasteiger partial charge on any atom is -0.313 e. The van der Waals surface area contributed by atoms with E-state index in [9.17, 15) is 0 Å². The van der Waals surface area contributed by atoms with Crippen molar-refractivity contribution >= 4 is 28.2 Å². The second kappa shape index (κ2) is 5.09. The molecule has 0 radical (unpaired) electrons. The van der Waals surface area contributed by atoms with Gasteiger partial charge >= 0.3 is 0 Å². The van der Waals surface area contributed by atoms with Crippen molar-refractivity contribution in [3.8, 4) is 0 Å². The van der Waals surface area contributed by atoms with E-state index in [1.54, 1.807) is 0 Å². The molecule has 0 spiro atoms. The summed E-state index contributed by atoms with van der Waals surface area (Å²) >= 11 is 2.28. The number of halogens is 1. The van der Waals surface area contributed by atoms with E-state index in [-0.39, 0.29) is 0 Å². The molecule has 0 saturated carbocycles. The van der Waals surface area contributed by atoms with Crippen LogP contribution < -0.4 is 5.32 Å². The van der Waals surface area contributed by atoms with Crippen LogP contribution in [-0.2, 0) is 6.54 Å². The monoisotopic (exact) mass is 330 g/mol. The van der Waals surface area contributed by atoms with Gasteiger partial charge in [0.25, 0.3) is 0 Å². The van der Waals surface area contributed by atoms with Gasteiger partial charge in [0.1, 0.15) is 0 Å². The van der Waals surface area contributed by atoms with Crippen LogP contribution in [0.4, 0.5) is 0 Å². The van der Waals surface area contributed by atoms with Gasteiger partial charge in [0, 0.05) is 24.5 Å². The molecule has 2 rings (SSSR count). The highest BCUT2D eigenvalue weighted by Gasteiger charge is 2.07. The molecule has 1 N–H and O–H groups in total. The Kier molecular flexibility index (Phi) is 3.75. The summed E-state index contributed by atoms with van der Waals surface area (Å²) in [5.41, 5.74) is 3.14. The van der Waals surface area contributed by atoms with E-state index in [0.29, 0.717) is 0 Å². The number of fused-ring (bicyclic) bond motifs is 1. The largest absolute Gasteiger partial charge is 0.313 e. The predicted octanol–water partition coefficient (Wildman–Crippen LogP) is 2.14. The van der Waals surface area contributed by atoms with Gasteiger partial charge in [0.2, 0.25) is 0 Å². The van der Waals surface area contributed by atoms with Crippen LogP contribution >= 0.6 is 22.6 Å². The Hall–Kier alpha value is -0.690. The lowest BCUT2D eigenvalue weighted by Crippen LogP contribution is -2.14. The summed E-state index contributed by atoms with van der Waals surface area (Å²) in [5.74, 6) is 0. The molecule has 86 valence electrons. The molecule has 0 aromatic carbocycles. The summed E-state index contributed by atoms with van der Waals surface area (Å²) in [7, 11) is 0. The van der Waals surface area contributed by atoms with Crippen molar-refractivity contribution in [1.82, 2.24) is 19.9 Å². The average molecular weight is 330 g/mol. The van der Waals surface area contributed by atoms with E-state index >= 15 is 0 Å². The molecule has 2 aromatic rings. The quantitative estimate of drug-likeness (QED) is 0.690. The van der Waals surface area contributed by atoms with Crippen molar-refractivity contribution in [3.63, 3.8) is 0 Å². The summed E-state index contributed by atoms with van der Waals surface area (Å²) in [6.45, 7) is 6.05. The lowest BCUT2D eigenvalue weighted by atomic mass is 10.3. The first-order valence-corrected chi connectivity index (χ1v) is 6.50. The van der Waals surface area contributed by atoms with Crippen molar-refractivity contribution in [2.45, 2.75) is 26.8 Å². The maximum atomic E-state index is 4.43. The number of nitrogens with zero attached hydrogens (tertiary/aromatic N) is 3. The standard InChI is InChI=1S/C11H15IN4/c1-3-4-13-5-9-6-14-11-10(12)8(2)15-16(11)7-9/h6-7,13H,3-5H2,1-2H3. The Morgan fingerprint density at radius 2 is 2.31 bits per heavy atom. The van der Waals surface area contributed by atoms with E-state index in [1.165, 1.54) is 5.56 Å². The summed E-state index contributed by atoms with van der Waals surface area (Å²) in [6.07, 6.45) is 5.11. The van der Waals surface area contributed by atoms with Crippen LogP contribution in [0.5, 0.6) is 0 Å². The number of aryl methyl sites for hydroxylation is 1. The summed E-state index contributed by atoms with van der Waals surface area (Å²) in [5, 5.41) is 7.77. The van der Waals surface area contributed by atoms with E-state index < -0.39 is 0 Å². The van der Waals surface area contributed by atoms with Gasteiger partial charge in [-0.25, -0.2) is 9.50 Å². The molecule has 0 fully saturated rings. The Bertz CT molecular complexity index is 492. The first-order valence-electron chi connectivity index (χ1n) is 5.42. The van der Waals surface area contributed by atoms with Gasteiger partial charge < -0.3 is 5.32 Å². The Morgan fingerprint density at radius 3 is 3.06 bits per heavy atom. The second-order valence-electron chi connectivity index (χ2n) is 3.81. The zero-order chi connectivity index (χ0) is 11.5. The number of rotatable bonds is 4. The third kappa shape index (κ3) is 2.35. The Morgan fingerprint density at radius 1 is 1.50 bits per heavy atom. The van der Waals surface area contributed by atoms with Gasteiger partial charge in [-0.1, -0.05) is 6.92 Å². The molecule has 0 unspecified atom stereocenters. The molecule has 0 aliphatic carbocycles. The topological polar surface area (TPSA) is 42.2 Å². The van der Waals surface area contributed by atoms with Crippen LogP contribution in [0.15, 0.2) is 12.4 Å². The number of hydrogen-bond acceptors (Lipinski definition) is 3. The molecule has 0 bridgehead atoms. The van der Waals surface area contributed by atoms with Crippen LogP contribution in [0.1, 0.15) is 24.6 Å². The first-order chi connectivity index (χ1) is 7.72. The molecule has 4 nitrogen and oxygen atoms in total. The number of aromatic nitrogens is 3. The highest BCUT2D eigenvalue weighted by Crippen LogP contribution is 2.15. The third-order valence-electron chi connectivity index (χ3n) is 2.39. The zero-order valence-corrected chi connectivity index (χ0v) is 11.7. The normalized spacial score (nSPS) is 11.2. The number of nitrogens with one attached hydrogen (secondary N) is 1. The molecule has 0 amide bonds. The van der Waals surface area contributed by atoms with E-state index in [0.717, 1.165) is 34.4 Å². The second-order valence-corrected chi connectivity index (χ2v) is 4.89. The average Bonchev–Trinajstić information content (AvgIpc) is 2.55. The smallest absolute Gasteiger partial charge is 0.168 e. The maximum absolute atomic E-state index is 4.43. The molecule has 2 aromatic heterocycles. The molecule has 0 saturated heterocycles. The van der Waals surface area contributed by atoms with E-state index in [2.05, 4.69) is 44.9 Å². The fourth-order valence-electron chi connectivity index (χ4n) is 1.56. The van der Waals surface area contributed by atoms with Gasteiger partial charge in [0.05, 0.1) is 9.26 Å². The number of hydrogen-bond donors (Lipinski definition) is 1. The highest BCUT2D eigenvalue weighted by atomic mass is 127. The fourth-order valence-corrected chi connectivity index (χ4v) is 2.05. The van der Waals surface area contributed by atoms with Crippen LogP contribution in [0.25, 0.3) is 5.65 Å². The molecule has 0 aliphatic heterocycles. The van der Waals surface area contributed by atoms with Gasteiger partial charge in [-0.3, -0.25) is 0 Å². The van der Waals surface area contributed by atoms with Gasteiger partial charge in [-0.05, 0) is 42.5 Å². The minimum atomic E-state index is 0.853. The lowest BCUT2D eigenvalue weighted by molar-refractivity contribution is 0.669. The molecule has 5 heteroatoms. The molecule has 16 heavy (non-hydrogen) atoms. The minimum absolute atomic E-state index is 0.853. The lowest BCUT2D eigenvalue weighted by Gasteiger charge is -2.03. The van der Waals surface area contributed by atoms with Crippen LogP contribution in [0.2, 0.25) is 0 Å². The van der Waals surface area contributed by atoms with Crippen LogP contribution in [0.3, 0.4) is 0 Å². The van der Waals surface area contributed by atoms with E-state index in [4.69, 9.17) is 0 Å². The molecule has 0 aliphatic rings. The molecule has 0 atom stereocenters. The molecular weight excluding hydrogens is 315 g/mol. The predicted molar refractivity (Wildman–Crippen MR) is 72.4 cm³/mol. The maximum Gasteiger partial charge on any atom is 0.168 e. The highest BCUT2D eigenvalue weighted by molar-refractivity contribution is 14.1. The fraction of sp³-hybridized carbons (Fsp3) is 0.455. The summed E-state index contributed by atoms with van der Waals surface area (Å²) < 4.78 is 2.99. The Labute approximate surface area is 109 Å². The van der Waals surface area contributed by atoms with Crippen LogP contribution in [0, 0.1) is 10.5 Å². The van der Waals surface area contributed by atoms with Crippen molar-refractivity contribution in [3.05, 3.63) is 27.2 Å². The third-order valence-corrected chi connectivity index (χ3v) is 3.65. The van der Waals surface area contributed by atoms with Crippen LogP contribution in [-0.4, -0.2) is 21.1 Å². The van der Waals surface area contributed by atoms with Gasteiger partial charge in [-0.2, -0.15) is 5.10 Å². The van der Waals surface area contributed by atoms with Gasteiger partial charge in [-0.15, -0.1) is 0 Å². The van der Waals surface area contributed by atoms with Crippen molar-refractivity contribution < 1.29 is 0 Å². The molecule has 2 heterocycles. The Balaban J connectivity index is 2.23. The van der Waals surface area contributed by atoms with E-state index in [1.807, 2.05) is 23.8 Å².